The zero-order valence-electron chi connectivity index (χ0n) is 11.7. The molecule has 0 atom stereocenters. The molecule has 0 heterocycles. The van der Waals surface area contributed by atoms with Gasteiger partial charge in [0.15, 0.2) is 0 Å². The molecule has 4 nitrogen and oxygen atoms in total. The first-order valence-corrected chi connectivity index (χ1v) is 6.98. The fraction of sp³-hybridized carbons (Fsp3) is 0.438. The molecule has 1 fully saturated rings. The summed E-state index contributed by atoms with van der Waals surface area (Å²) in [4.78, 5) is 14.0. The van der Waals surface area contributed by atoms with Gasteiger partial charge in [-0.3, -0.25) is 4.79 Å². The quantitative estimate of drug-likeness (QED) is 0.818. The highest BCUT2D eigenvalue weighted by atomic mass is 19.1. The van der Waals surface area contributed by atoms with Crippen molar-refractivity contribution in [1.82, 2.24) is 4.90 Å². The lowest BCUT2D eigenvalue weighted by atomic mass is 9.91. The Morgan fingerprint density at radius 3 is 2.71 bits per heavy atom. The van der Waals surface area contributed by atoms with E-state index < -0.39 is 11.7 Å². The minimum atomic E-state index is -0.600. The number of halogens is 1. The predicted octanol–water partition coefficient (Wildman–Crippen LogP) is 1.16. The van der Waals surface area contributed by atoms with Gasteiger partial charge in [0.25, 0.3) is 5.91 Å². The zero-order chi connectivity index (χ0) is 15.2. The Balaban J connectivity index is 2.27. The van der Waals surface area contributed by atoms with E-state index in [9.17, 15) is 9.18 Å². The second kappa shape index (κ2) is 7.21. The number of rotatable bonds is 4. The molecule has 1 aliphatic rings. The van der Waals surface area contributed by atoms with Crippen LogP contribution in [0.2, 0.25) is 0 Å². The van der Waals surface area contributed by atoms with E-state index >= 15 is 0 Å². The molecule has 21 heavy (non-hydrogen) atoms. The molecule has 1 aromatic carbocycles. The monoisotopic (exact) mass is 291 g/mol. The third-order valence-corrected chi connectivity index (χ3v) is 3.63. The molecule has 0 radical (unpaired) electrons. The number of carbonyl (C=O) groups is 1. The molecule has 0 spiro atoms. The van der Waals surface area contributed by atoms with Crippen LogP contribution >= 0.6 is 0 Å². The van der Waals surface area contributed by atoms with E-state index in [-0.39, 0.29) is 31.4 Å². The van der Waals surface area contributed by atoms with Crippen molar-refractivity contribution in [3.05, 3.63) is 35.1 Å². The van der Waals surface area contributed by atoms with Gasteiger partial charge in [0.1, 0.15) is 12.4 Å². The molecule has 1 aliphatic carbocycles. The minimum absolute atomic E-state index is 0.0416. The Bertz CT molecular complexity index is 573. The maximum Gasteiger partial charge on any atom is 0.257 e. The lowest BCUT2D eigenvalue weighted by molar-refractivity contribution is 0.0521. The normalized spacial score (nSPS) is 14.0. The van der Waals surface area contributed by atoms with Gasteiger partial charge in [-0.05, 0) is 37.5 Å². The number of carbonyl (C=O) groups excluding carboxylic acids is 1. The van der Waals surface area contributed by atoms with E-state index in [1.807, 2.05) is 0 Å². The van der Waals surface area contributed by atoms with Crippen molar-refractivity contribution in [3.8, 4) is 11.8 Å². The lowest BCUT2D eigenvalue weighted by Crippen LogP contribution is -2.45. The van der Waals surface area contributed by atoms with Crippen LogP contribution in [0.3, 0.4) is 0 Å². The predicted molar refractivity (Wildman–Crippen MR) is 76.1 cm³/mol. The van der Waals surface area contributed by atoms with Gasteiger partial charge in [0.2, 0.25) is 0 Å². The lowest BCUT2D eigenvalue weighted by Gasteiger charge is -2.37. The highest BCUT2D eigenvalue weighted by Crippen LogP contribution is 2.26. The average Bonchev–Trinajstić information content (AvgIpc) is 2.43. The van der Waals surface area contributed by atoms with Crippen molar-refractivity contribution in [2.24, 2.45) is 0 Å². The van der Waals surface area contributed by atoms with Crippen LogP contribution in [0.4, 0.5) is 4.39 Å². The number of benzene rings is 1. The average molecular weight is 291 g/mol. The topological polar surface area (TPSA) is 60.8 Å². The summed E-state index contributed by atoms with van der Waals surface area (Å²) < 4.78 is 13.9. The number of aliphatic hydroxyl groups is 2. The summed E-state index contributed by atoms with van der Waals surface area (Å²) in [5.74, 6) is 4.11. The first-order chi connectivity index (χ1) is 10.2. The maximum atomic E-state index is 13.9. The molecular formula is C16H18FNO3. The van der Waals surface area contributed by atoms with Gasteiger partial charge in [-0.2, -0.15) is 0 Å². The SMILES string of the molecule is O=C(c1cc(C#CCO)ccc1F)N(CCO)C1CCC1. The molecular weight excluding hydrogens is 273 g/mol. The second-order valence-electron chi connectivity index (χ2n) is 4.96. The molecule has 0 aromatic heterocycles. The molecule has 0 unspecified atom stereocenters. The van der Waals surface area contributed by atoms with Gasteiger partial charge in [-0.15, -0.1) is 0 Å². The van der Waals surface area contributed by atoms with E-state index in [0.29, 0.717) is 5.56 Å². The van der Waals surface area contributed by atoms with Crippen molar-refractivity contribution < 1.29 is 19.4 Å². The molecule has 2 rings (SSSR count). The molecule has 2 N–H and O–H groups in total. The summed E-state index contributed by atoms with van der Waals surface area (Å²) in [6, 6.07) is 4.14. The fourth-order valence-electron chi connectivity index (χ4n) is 2.32. The third-order valence-electron chi connectivity index (χ3n) is 3.63. The molecule has 5 heteroatoms. The summed E-state index contributed by atoms with van der Waals surface area (Å²) >= 11 is 0. The Hall–Kier alpha value is -1.90. The summed E-state index contributed by atoms with van der Waals surface area (Å²) in [7, 11) is 0. The Kier molecular flexibility index (Phi) is 5.32. The number of amides is 1. The molecule has 0 bridgehead atoms. The van der Waals surface area contributed by atoms with Crippen LogP contribution in [0.25, 0.3) is 0 Å². The van der Waals surface area contributed by atoms with E-state index in [4.69, 9.17) is 10.2 Å². The maximum absolute atomic E-state index is 13.9. The first kappa shape index (κ1) is 15.5. The van der Waals surface area contributed by atoms with Crippen molar-refractivity contribution in [1.29, 1.82) is 0 Å². The molecule has 0 aliphatic heterocycles. The standard InChI is InChI=1S/C16H18FNO3/c17-15-7-6-12(3-2-9-19)11-14(15)16(21)18(8-10-20)13-4-1-5-13/h6-7,11,13,19-20H,1,4-5,8-10H2. The highest BCUT2D eigenvalue weighted by molar-refractivity contribution is 5.95. The largest absolute Gasteiger partial charge is 0.395 e. The van der Waals surface area contributed by atoms with Crippen LogP contribution in [0.5, 0.6) is 0 Å². The first-order valence-electron chi connectivity index (χ1n) is 6.98. The van der Waals surface area contributed by atoms with E-state index in [1.165, 1.54) is 23.1 Å². The van der Waals surface area contributed by atoms with E-state index in [0.717, 1.165) is 19.3 Å². The smallest absolute Gasteiger partial charge is 0.257 e. The summed E-state index contributed by atoms with van der Waals surface area (Å²) in [6.07, 6.45) is 2.82. The number of hydrogen-bond donors (Lipinski definition) is 2. The number of nitrogens with zero attached hydrogens (tertiary/aromatic N) is 1. The molecule has 1 aromatic rings. The third kappa shape index (κ3) is 3.60. The minimum Gasteiger partial charge on any atom is -0.395 e. The van der Waals surface area contributed by atoms with Gasteiger partial charge in [-0.1, -0.05) is 11.8 Å². The van der Waals surface area contributed by atoms with Gasteiger partial charge in [0.05, 0.1) is 12.2 Å². The Morgan fingerprint density at radius 1 is 1.38 bits per heavy atom. The van der Waals surface area contributed by atoms with Gasteiger partial charge in [0, 0.05) is 18.2 Å². The van der Waals surface area contributed by atoms with Crippen LogP contribution in [0.15, 0.2) is 18.2 Å². The van der Waals surface area contributed by atoms with Crippen LogP contribution < -0.4 is 0 Å². The van der Waals surface area contributed by atoms with Crippen LogP contribution in [0, 0.1) is 17.7 Å². The zero-order valence-corrected chi connectivity index (χ0v) is 11.7. The highest BCUT2D eigenvalue weighted by Gasteiger charge is 2.30. The van der Waals surface area contributed by atoms with Crippen molar-refractivity contribution in [3.63, 3.8) is 0 Å². The van der Waals surface area contributed by atoms with Gasteiger partial charge < -0.3 is 15.1 Å². The van der Waals surface area contributed by atoms with Crippen molar-refractivity contribution in [2.75, 3.05) is 19.8 Å². The van der Waals surface area contributed by atoms with Crippen molar-refractivity contribution >= 4 is 5.91 Å². The van der Waals surface area contributed by atoms with Crippen LogP contribution in [-0.2, 0) is 0 Å². The fourth-order valence-corrected chi connectivity index (χ4v) is 2.32. The Morgan fingerprint density at radius 2 is 2.14 bits per heavy atom. The molecule has 112 valence electrons. The van der Waals surface area contributed by atoms with Gasteiger partial charge in [-0.25, -0.2) is 4.39 Å². The van der Waals surface area contributed by atoms with Gasteiger partial charge >= 0.3 is 0 Å². The summed E-state index contributed by atoms with van der Waals surface area (Å²) in [6.45, 7) is -0.233. The molecule has 1 saturated carbocycles. The van der Waals surface area contributed by atoms with Crippen LogP contribution in [0.1, 0.15) is 35.2 Å². The van der Waals surface area contributed by atoms with E-state index in [2.05, 4.69) is 11.8 Å². The van der Waals surface area contributed by atoms with Crippen molar-refractivity contribution in [2.45, 2.75) is 25.3 Å². The van der Waals surface area contributed by atoms with Crippen LogP contribution in [-0.4, -0.2) is 46.8 Å². The Labute approximate surface area is 123 Å². The molecule has 0 saturated heterocycles. The number of aliphatic hydroxyl groups excluding tert-OH is 2. The number of hydrogen-bond acceptors (Lipinski definition) is 3. The summed E-state index contributed by atoms with van der Waals surface area (Å²) in [5, 5.41) is 17.8. The van der Waals surface area contributed by atoms with E-state index in [1.54, 1.807) is 0 Å². The second-order valence-corrected chi connectivity index (χ2v) is 4.96. The molecule has 1 amide bonds. The summed E-state index contributed by atoms with van der Waals surface area (Å²) in [5.41, 5.74) is 0.437.